The Labute approximate surface area is 126 Å². The van der Waals surface area contributed by atoms with Crippen LogP contribution in [0.3, 0.4) is 0 Å². The molecule has 2 aliphatic heterocycles. The minimum atomic E-state index is -2.85. The molecule has 1 amide bonds. The molecular formula is C13H24N4O3S. The Hall–Kier alpha value is -1.31. The molecule has 1 atom stereocenters. The number of hydrogen-bond donors (Lipinski definition) is 1. The molecule has 0 aliphatic carbocycles. The van der Waals surface area contributed by atoms with Gasteiger partial charge in [-0.3, -0.25) is 9.79 Å². The maximum absolute atomic E-state index is 11.9. The summed E-state index contributed by atoms with van der Waals surface area (Å²) >= 11 is 0. The fraction of sp³-hybridized carbons (Fsp3) is 0.846. The van der Waals surface area contributed by atoms with Gasteiger partial charge in [0.1, 0.15) is 0 Å². The van der Waals surface area contributed by atoms with Crippen LogP contribution >= 0.6 is 0 Å². The summed E-state index contributed by atoms with van der Waals surface area (Å²) in [4.78, 5) is 19.9. The largest absolute Gasteiger partial charge is 0.356 e. The highest BCUT2D eigenvalue weighted by Gasteiger charge is 2.29. The number of nitrogens with one attached hydrogen (secondary N) is 1. The Morgan fingerprint density at radius 1 is 1.43 bits per heavy atom. The second-order valence-electron chi connectivity index (χ2n) is 5.59. The highest BCUT2D eigenvalue weighted by molar-refractivity contribution is 7.91. The van der Waals surface area contributed by atoms with Gasteiger partial charge in [0.25, 0.3) is 0 Å². The number of guanidine groups is 1. The van der Waals surface area contributed by atoms with Crippen molar-refractivity contribution in [2.24, 2.45) is 10.9 Å². The number of sulfone groups is 1. The first-order chi connectivity index (χ1) is 9.95. The lowest BCUT2D eigenvalue weighted by Crippen LogP contribution is -2.55. The van der Waals surface area contributed by atoms with E-state index in [0.29, 0.717) is 32.0 Å². The maximum atomic E-state index is 11.9. The molecule has 120 valence electrons. The number of rotatable bonds is 3. The van der Waals surface area contributed by atoms with Crippen molar-refractivity contribution >= 4 is 21.7 Å². The average molecular weight is 316 g/mol. The summed E-state index contributed by atoms with van der Waals surface area (Å²) in [6.45, 7) is 5.08. The van der Waals surface area contributed by atoms with Crippen LogP contribution in [0.4, 0.5) is 0 Å². The van der Waals surface area contributed by atoms with Gasteiger partial charge in [-0.05, 0) is 19.3 Å². The van der Waals surface area contributed by atoms with Gasteiger partial charge in [0, 0.05) is 33.2 Å². The summed E-state index contributed by atoms with van der Waals surface area (Å²) in [5, 5.41) is 3.21. The highest BCUT2D eigenvalue weighted by atomic mass is 32.2. The summed E-state index contributed by atoms with van der Waals surface area (Å²) in [6.07, 6.45) is 0.703. The van der Waals surface area contributed by atoms with E-state index in [1.165, 1.54) is 0 Å². The van der Waals surface area contributed by atoms with Crippen LogP contribution in [0.1, 0.15) is 13.3 Å². The molecule has 0 radical (unpaired) electrons. The van der Waals surface area contributed by atoms with Crippen molar-refractivity contribution in [3.8, 4) is 0 Å². The van der Waals surface area contributed by atoms with Gasteiger partial charge in [-0.2, -0.15) is 0 Å². The molecule has 2 aliphatic rings. The fourth-order valence-electron chi connectivity index (χ4n) is 2.82. The Kier molecular flexibility index (Phi) is 5.08. The van der Waals surface area contributed by atoms with Crippen LogP contribution in [0.25, 0.3) is 0 Å². The summed E-state index contributed by atoms with van der Waals surface area (Å²) in [6, 6.07) is 0. The molecule has 2 fully saturated rings. The molecule has 0 aromatic carbocycles. The summed E-state index contributed by atoms with van der Waals surface area (Å²) < 4.78 is 22.9. The lowest BCUT2D eigenvalue weighted by molar-refractivity contribution is -0.134. The third kappa shape index (κ3) is 4.09. The van der Waals surface area contributed by atoms with Gasteiger partial charge >= 0.3 is 0 Å². The second kappa shape index (κ2) is 6.64. The predicted octanol–water partition coefficient (Wildman–Crippen LogP) is -0.839. The Balaban J connectivity index is 1.85. The number of likely N-dealkylation sites (N-methyl/N-ethyl adjacent to an activating group) is 1. The third-order valence-corrected chi connectivity index (χ3v) is 5.92. The van der Waals surface area contributed by atoms with Gasteiger partial charge in [0.15, 0.2) is 15.8 Å². The monoisotopic (exact) mass is 316 g/mol. The molecule has 1 unspecified atom stereocenters. The van der Waals surface area contributed by atoms with Crippen LogP contribution in [0.5, 0.6) is 0 Å². The zero-order valence-corrected chi connectivity index (χ0v) is 13.5. The standard InChI is InChI=1S/C13H24N4O3S/c1-3-16-5-6-17(9-12(16)18)13(14-2)15-8-11-4-7-21(19,20)10-11/h11H,3-10H2,1-2H3,(H,14,15). The lowest BCUT2D eigenvalue weighted by Gasteiger charge is -2.35. The molecule has 0 spiro atoms. The molecule has 2 saturated heterocycles. The molecular weight excluding hydrogens is 292 g/mol. The van der Waals surface area contributed by atoms with Crippen molar-refractivity contribution in [1.82, 2.24) is 15.1 Å². The first kappa shape index (κ1) is 16.1. The van der Waals surface area contributed by atoms with Crippen molar-refractivity contribution in [1.29, 1.82) is 0 Å². The molecule has 21 heavy (non-hydrogen) atoms. The fourth-order valence-corrected chi connectivity index (χ4v) is 4.69. The smallest absolute Gasteiger partial charge is 0.242 e. The van der Waals surface area contributed by atoms with Crippen molar-refractivity contribution in [2.75, 3.05) is 51.3 Å². The van der Waals surface area contributed by atoms with Gasteiger partial charge < -0.3 is 15.1 Å². The summed E-state index contributed by atoms with van der Waals surface area (Å²) in [5.41, 5.74) is 0. The molecule has 0 saturated carbocycles. The predicted molar refractivity (Wildman–Crippen MR) is 81.9 cm³/mol. The molecule has 2 heterocycles. The van der Waals surface area contributed by atoms with Crippen LogP contribution in [-0.2, 0) is 14.6 Å². The molecule has 0 bridgehead atoms. The number of carbonyl (C=O) groups excluding carboxylic acids is 1. The van der Waals surface area contributed by atoms with E-state index in [-0.39, 0.29) is 23.3 Å². The first-order valence-electron chi connectivity index (χ1n) is 7.39. The second-order valence-corrected chi connectivity index (χ2v) is 7.82. The van der Waals surface area contributed by atoms with Gasteiger partial charge in [-0.1, -0.05) is 0 Å². The Morgan fingerprint density at radius 2 is 2.19 bits per heavy atom. The number of carbonyl (C=O) groups is 1. The highest BCUT2D eigenvalue weighted by Crippen LogP contribution is 2.17. The normalized spacial score (nSPS) is 26.3. The molecule has 2 rings (SSSR count). The van der Waals surface area contributed by atoms with E-state index >= 15 is 0 Å². The summed E-state index contributed by atoms with van der Waals surface area (Å²) in [5.74, 6) is 1.46. The van der Waals surface area contributed by atoms with Crippen molar-refractivity contribution in [3.05, 3.63) is 0 Å². The van der Waals surface area contributed by atoms with Crippen LogP contribution in [0.2, 0.25) is 0 Å². The van der Waals surface area contributed by atoms with Crippen LogP contribution in [-0.4, -0.2) is 81.4 Å². The molecule has 0 aromatic heterocycles. The van der Waals surface area contributed by atoms with Gasteiger partial charge in [-0.25, -0.2) is 8.42 Å². The molecule has 7 nitrogen and oxygen atoms in total. The van der Waals surface area contributed by atoms with Crippen LogP contribution in [0, 0.1) is 5.92 Å². The van der Waals surface area contributed by atoms with E-state index in [1.807, 2.05) is 16.7 Å². The minimum absolute atomic E-state index is 0.107. The third-order valence-electron chi connectivity index (χ3n) is 4.09. The number of amides is 1. The van der Waals surface area contributed by atoms with Crippen LogP contribution < -0.4 is 5.32 Å². The quantitative estimate of drug-likeness (QED) is 0.542. The van der Waals surface area contributed by atoms with E-state index in [4.69, 9.17) is 0 Å². The molecule has 1 N–H and O–H groups in total. The molecule has 0 aromatic rings. The van der Waals surface area contributed by atoms with Gasteiger partial charge in [-0.15, -0.1) is 0 Å². The van der Waals surface area contributed by atoms with Crippen molar-refractivity contribution in [2.45, 2.75) is 13.3 Å². The summed E-state index contributed by atoms with van der Waals surface area (Å²) in [7, 11) is -1.16. The average Bonchev–Trinajstić information content (AvgIpc) is 2.79. The van der Waals surface area contributed by atoms with Gasteiger partial charge in [0.05, 0.1) is 18.1 Å². The number of hydrogen-bond acceptors (Lipinski definition) is 4. The zero-order valence-electron chi connectivity index (χ0n) is 12.7. The minimum Gasteiger partial charge on any atom is -0.356 e. The van der Waals surface area contributed by atoms with E-state index in [2.05, 4.69) is 10.3 Å². The van der Waals surface area contributed by atoms with Crippen LogP contribution in [0.15, 0.2) is 4.99 Å². The number of nitrogens with zero attached hydrogens (tertiary/aromatic N) is 3. The first-order valence-corrected chi connectivity index (χ1v) is 9.21. The zero-order chi connectivity index (χ0) is 15.5. The van der Waals surface area contributed by atoms with Crippen molar-refractivity contribution in [3.63, 3.8) is 0 Å². The topological polar surface area (TPSA) is 82.1 Å². The van der Waals surface area contributed by atoms with E-state index in [1.54, 1.807) is 7.05 Å². The maximum Gasteiger partial charge on any atom is 0.242 e. The van der Waals surface area contributed by atoms with E-state index in [9.17, 15) is 13.2 Å². The number of aliphatic imine (C=N–C) groups is 1. The molecule has 8 heteroatoms. The Morgan fingerprint density at radius 3 is 2.71 bits per heavy atom. The van der Waals surface area contributed by atoms with E-state index < -0.39 is 9.84 Å². The van der Waals surface area contributed by atoms with Crippen molar-refractivity contribution < 1.29 is 13.2 Å². The Bertz CT molecular complexity index is 518. The SMILES string of the molecule is CCN1CCN(C(=NC)NCC2CCS(=O)(=O)C2)CC1=O. The van der Waals surface area contributed by atoms with Gasteiger partial charge in [0.2, 0.25) is 5.91 Å². The lowest BCUT2D eigenvalue weighted by atomic mass is 10.1. The van der Waals surface area contributed by atoms with E-state index in [0.717, 1.165) is 13.1 Å². The number of piperazine rings is 1.